The van der Waals surface area contributed by atoms with E-state index in [1.807, 2.05) is 36.4 Å². The molecule has 2 heterocycles. The number of benzene rings is 2. The molecule has 0 bridgehead atoms. The van der Waals surface area contributed by atoms with Crippen molar-refractivity contribution in [1.29, 1.82) is 0 Å². The summed E-state index contributed by atoms with van der Waals surface area (Å²) in [5.41, 5.74) is 1.79. The van der Waals surface area contributed by atoms with Gasteiger partial charge in [-0.05, 0) is 24.3 Å². The maximum atomic E-state index is 5.60. The fourth-order valence-electron chi connectivity index (χ4n) is 2.39. The highest BCUT2D eigenvalue weighted by atomic mass is 32.1. The number of fused-ring (bicyclic) bond motifs is 2. The van der Waals surface area contributed by atoms with Crippen LogP contribution in [0, 0.1) is 0 Å². The molecule has 4 rings (SSSR count). The zero-order chi connectivity index (χ0) is 14.9. The Morgan fingerprint density at radius 1 is 1.14 bits per heavy atom. The van der Waals surface area contributed by atoms with Gasteiger partial charge in [0.05, 0.1) is 11.8 Å². The van der Waals surface area contributed by atoms with E-state index in [1.54, 1.807) is 18.4 Å². The Balaban J connectivity index is 1.66. The van der Waals surface area contributed by atoms with E-state index in [1.165, 1.54) is 0 Å². The van der Waals surface area contributed by atoms with Crippen molar-refractivity contribution in [2.24, 2.45) is 0 Å². The smallest absolute Gasteiger partial charge is 0.188 e. The lowest BCUT2D eigenvalue weighted by molar-refractivity contribution is 0.171. The van der Waals surface area contributed by atoms with E-state index in [9.17, 15) is 0 Å². The monoisotopic (exact) mass is 314 g/mol. The molecule has 0 aliphatic carbocycles. The number of nitrogens with zero attached hydrogens (tertiary/aromatic N) is 1. The van der Waals surface area contributed by atoms with Gasteiger partial charge in [0.1, 0.15) is 24.5 Å². The lowest BCUT2D eigenvalue weighted by atomic mass is 10.2. The van der Waals surface area contributed by atoms with E-state index < -0.39 is 0 Å². The van der Waals surface area contributed by atoms with E-state index in [0.717, 1.165) is 38.3 Å². The maximum Gasteiger partial charge on any atom is 0.188 e. The van der Waals surface area contributed by atoms with Crippen LogP contribution in [0.5, 0.6) is 17.2 Å². The van der Waals surface area contributed by atoms with Gasteiger partial charge in [0.25, 0.3) is 0 Å². The van der Waals surface area contributed by atoms with Crippen molar-refractivity contribution in [2.75, 3.05) is 25.6 Å². The number of ether oxygens (including phenoxy) is 3. The number of hydrogen-bond acceptors (Lipinski definition) is 6. The molecule has 6 heteroatoms. The van der Waals surface area contributed by atoms with Crippen molar-refractivity contribution >= 4 is 32.4 Å². The van der Waals surface area contributed by atoms with Gasteiger partial charge in [0, 0.05) is 11.8 Å². The summed E-state index contributed by atoms with van der Waals surface area (Å²) in [5, 5.41) is 4.13. The molecule has 5 nitrogen and oxygen atoms in total. The molecule has 1 aliphatic rings. The van der Waals surface area contributed by atoms with Gasteiger partial charge in [0.15, 0.2) is 16.6 Å². The summed E-state index contributed by atoms with van der Waals surface area (Å²) in [6.45, 7) is 1.17. The summed E-state index contributed by atoms with van der Waals surface area (Å²) in [6, 6.07) is 11.7. The number of rotatable bonds is 3. The van der Waals surface area contributed by atoms with Crippen molar-refractivity contribution < 1.29 is 14.2 Å². The van der Waals surface area contributed by atoms with Crippen LogP contribution in [0.3, 0.4) is 0 Å². The highest BCUT2D eigenvalue weighted by Crippen LogP contribution is 2.36. The van der Waals surface area contributed by atoms with E-state index in [-0.39, 0.29) is 0 Å². The molecule has 0 saturated heterocycles. The average Bonchev–Trinajstić information content (AvgIpc) is 2.97. The molecule has 3 aromatic rings. The average molecular weight is 314 g/mol. The Morgan fingerprint density at radius 2 is 2.00 bits per heavy atom. The van der Waals surface area contributed by atoms with Gasteiger partial charge in [0.2, 0.25) is 0 Å². The van der Waals surface area contributed by atoms with Crippen molar-refractivity contribution in [1.82, 2.24) is 4.98 Å². The third-order valence-corrected chi connectivity index (χ3v) is 4.33. The summed E-state index contributed by atoms with van der Waals surface area (Å²) < 4.78 is 17.5. The molecule has 0 spiro atoms. The number of nitrogens with one attached hydrogen (secondary N) is 1. The molecule has 1 N–H and O–H groups in total. The highest BCUT2D eigenvalue weighted by molar-refractivity contribution is 7.22. The summed E-state index contributed by atoms with van der Waals surface area (Å²) in [5.74, 6) is 2.32. The lowest BCUT2D eigenvalue weighted by Gasteiger charge is -2.18. The van der Waals surface area contributed by atoms with Crippen LogP contribution in [0.2, 0.25) is 0 Å². The first-order valence-corrected chi connectivity index (χ1v) is 7.75. The van der Waals surface area contributed by atoms with Gasteiger partial charge >= 0.3 is 0 Å². The van der Waals surface area contributed by atoms with Crippen LogP contribution in [0.25, 0.3) is 10.2 Å². The molecule has 112 valence electrons. The maximum absolute atomic E-state index is 5.60. The molecule has 2 aromatic carbocycles. The number of aromatic nitrogens is 1. The molecule has 0 unspecified atom stereocenters. The molecular formula is C16H14N2O3S. The Bertz CT molecular complexity index is 831. The Labute approximate surface area is 131 Å². The molecule has 1 aliphatic heterocycles. The minimum Gasteiger partial charge on any atom is -0.494 e. The summed E-state index contributed by atoms with van der Waals surface area (Å²) in [6.07, 6.45) is 0. The van der Waals surface area contributed by atoms with Crippen LogP contribution in [-0.2, 0) is 0 Å². The number of para-hydroxylation sites is 1. The molecular weight excluding hydrogens is 300 g/mol. The van der Waals surface area contributed by atoms with Crippen LogP contribution >= 0.6 is 11.3 Å². The molecule has 0 fully saturated rings. The van der Waals surface area contributed by atoms with Crippen LogP contribution < -0.4 is 19.5 Å². The molecule has 0 atom stereocenters. The van der Waals surface area contributed by atoms with E-state index >= 15 is 0 Å². The van der Waals surface area contributed by atoms with Gasteiger partial charge in [-0.15, -0.1) is 0 Å². The van der Waals surface area contributed by atoms with E-state index in [4.69, 9.17) is 14.2 Å². The zero-order valence-electron chi connectivity index (χ0n) is 12.0. The molecule has 22 heavy (non-hydrogen) atoms. The SMILES string of the molecule is COc1cccc2sc(Nc3ccc4c(c3)OCCO4)nc12. The normalized spacial score (nSPS) is 13.1. The minimum absolute atomic E-state index is 0.578. The van der Waals surface area contributed by atoms with Crippen molar-refractivity contribution in [3.63, 3.8) is 0 Å². The second-order valence-electron chi connectivity index (χ2n) is 4.81. The van der Waals surface area contributed by atoms with Gasteiger partial charge in [-0.2, -0.15) is 0 Å². The van der Waals surface area contributed by atoms with E-state index in [2.05, 4.69) is 10.3 Å². The van der Waals surface area contributed by atoms with Crippen LogP contribution in [0.4, 0.5) is 10.8 Å². The van der Waals surface area contributed by atoms with Gasteiger partial charge in [-0.3, -0.25) is 0 Å². The van der Waals surface area contributed by atoms with Gasteiger partial charge < -0.3 is 19.5 Å². The molecule has 0 saturated carbocycles. The van der Waals surface area contributed by atoms with Crippen molar-refractivity contribution in [3.8, 4) is 17.2 Å². The first-order valence-electron chi connectivity index (χ1n) is 6.94. The Kier molecular flexibility index (Phi) is 3.23. The summed E-state index contributed by atoms with van der Waals surface area (Å²) >= 11 is 1.58. The summed E-state index contributed by atoms with van der Waals surface area (Å²) in [7, 11) is 1.65. The Hall–Kier alpha value is -2.47. The minimum atomic E-state index is 0.578. The summed E-state index contributed by atoms with van der Waals surface area (Å²) in [4.78, 5) is 4.60. The van der Waals surface area contributed by atoms with Crippen LogP contribution in [0.15, 0.2) is 36.4 Å². The second kappa shape index (κ2) is 5.38. The second-order valence-corrected chi connectivity index (χ2v) is 5.84. The third kappa shape index (κ3) is 2.31. The molecule has 0 radical (unpaired) electrons. The predicted molar refractivity (Wildman–Crippen MR) is 86.9 cm³/mol. The van der Waals surface area contributed by atoms with Crippen molar-refractivity contribution in [3.05, 3.63) is 36.4 Å². The number of thiazole rings is 1. The number of anilines is 2. The third-order valence-electron chi connectivity index (χ3n) is 3.40. The highest BCUT2D eigenvalue weighted by Gasteiger charge is 2.13. The Morgan fingerprint density at radius 3 is 2.86 bits per heavy atom. The fourth-order valence-corrected chi connectivity index (χ4v) is 3.29. The lowest BCUT2D eigenvalue weighted by Crippen LogP contribution is -2.15. The number of hydrogen-bond donors (Lipinski definition) is 1. The predicted octanol–water partition coefficient (Wildman–Crippen LogP) is 3.82. The zero-order valence-corrected chi connectivity index (χ0v) is 12.8. The largest absolute Gasteiger partial charge is 0.494 e. The molecule has 1 aromatic heterocycles. The topological polar surface area (TPSA) is 52.6 Å². The molecule has 0 amide bonds. The van der Waals surface area contributed by atoms with Crippen LogP contribution in [-0.4, -0.2) is 25.3 Å². The fraction of sp³-hybridized carbons (Fsp3) is 0.188. The number of methoxy groups -OCH3 is 1. The standard InChI is InChI=1S/C16H14N2O3S/c1-19-12-3-2-4-14-15(12)18-16(22-14)17-10-5-6-11-13(9-10)21-8-7-20-11/h2-6,9H,7-8H2,1H3,(H,17,18). The van der Waals surface area contributed by atoms with Gasteiger partial charge in [-0.25, -0.2) is 4.98 Å². The van der Waals surface area contributed by atoms with Gasteiger partial charge in [-0.1, -0.05) is 17.4 Å². The van der Waals surface area contributed by atoms with E-state index in [0.29, 0.717) is 13.2 Å². The first-order chi connectivity index (χ1) is 10.8. The quantitative estimate of drug-likeness (QED) is 0.796. The van der Waals surface area contributed by atoms with Crippen LogP contribution in [0.1, 0.15) is 0 Å². The van der Waals surface area contributed by atoms with Crippen molar-refractivity contribution in [2.45, 2.75) is 0 Å². The first kappa shape index (κ1) is 13.2.